The van der Waals surface area contributed by atoms with Crippen molar-refractivity contribution in [2.45, 2.75) is 147 Å². The van der Waals surface area contributed by atoms with Crippen LogP contribution in [0, 0.1) is 5.92 Å². The molecule has 0 aliphatic carbocycles. The van der Waals surface area contributed by atoms with Crippen molar-refractivity contribution in [3.05, 3.63) is 0 Å². The minimum atomic E-state index is 0. The highest BCUT2D eigenvalue weighted by Gasteiger charge is 2.34. The maximum atomic E-state index is 11.6. The number of hydrogen-bond acceptors (Lipinski definition) is 6. The van der Waals surface area contributed by atoms with Crippen molar-refractivity contribution in [2.75, 3.05) is 26.4 Å². The number of rotatable bonds is 13. The van der Waals surface area contributed by atoms with E-state index in [-0.39, 0.29) is 32.7 Å². The van der Waals surface area contributed by atoms with Crippen LogP contribution >= 0.6 is 0 Å². The third kappa shape index (κ3) is 17.0. The largest absolute Gasteiger partial charge is 0.377 e. The van der Waals surface area contributed by atoms with Crippen molar-refractivity contribution in [1.82, 2.24) is 9.80 Å². The smallest absolute Gasteiger partial charge is 0.149 e. The van der Waals surface area contributed by atoms with Gasteiger partial charge < -0.3 is 14.2 Å². The summed E-state index contributed by atoms with van der Waals surface area (Å²) in [4.78, 5) is 16.2. The number of ether oxygens (including phenoxy) is 3. The highest BCUT2D eigenvalue weighted by atomic mass is 16.5. The Hall–Kier alpha value is -0.530. The predicted molar refractivity (Wildman–Crippen MR) is 148 cm³/mol. The van der Waals surface area contributed by atoms with Crippen LogP contribution < -0.4 is 0 Å². The molecule has 208 valence electrons. The van der Waals surface area contributed by atoms with Crippen LogP contribution in [-0.4, -0.2) is 84.6 Å². The fourth-order valence-corrected chi connectivity index (χ4v) is 3.49. The molecule has 0 spiro atoms. The van der Waals surface area contributed by atoms with Gasteiger partial charge in [-0.1, -0.05) is 28.7 Å². The predicted octanol–water partition coefficient (Wildman–Crippen LogP) is 6.26. The molecule has 0 bridgehead atoms. The summed E-state index contributed by atoms with van der Waals surface area (Å²) in [6.45, 7) is 27.8. The summed E-state index contributed by atoms with van der Waals surface area (Å²) in [7, 11) is 0. The minimum absolute atomic E-state index is 0. The van der Waals surface area contributed by atoms with Gasteiger partial charge in [-0.15, -0.1) is 0 Å². The van der Waals surface area contributed by atoms with Crippen LogP contribution in [-0.2, 0) is 19.0 Å². The number of carbonyl (C=O) groups is 1. The Kier molecular flexibility index (Phi) is 21.9. The van der Waals surface area contributed by atoms with E-state index in [0.29, 0.717) is 49.7 Å². The molecule has 1 aliphatic rings. The Bertz CT molecular complexity index is 493. The molecular formula is C28H62N2O4. The highest BCUT2D eigenvalue weighted by Crippen LogP contribution is 2.24. The first-order valence-electron chi connectivity index (χ1n) is 12.7. The fourth-order valence-electron chi connectivity index (χ4n) is 3.49. The molecule has 6 nitrogen and oxygen atoms in total. The van der Waals surface area contributed by atoms with Gasteiger partial charge in [0, 0.05) is 30.6 Å². The maximum Gasteiger partial charge on any atom is 0.149 e. The van der Waals surface area contributed by atoms with Crippen LogP contribution in [0.4, 0.5) is 0 Å². The van der Waals surface area contributed by atoms with Gasteiger partial charge in [0.25, 0.3) is 0 Å². The molecule has 0 N–H and O–H groups in total. The Labute approximate surface area is 214 Å². The van der Waals surface area contributed by atoms with Crippen LogP contribution in [0.15, 0.2) is 0 Å². The van der Waals surface area contributed by atoms with Gasteiger partial charge in [-0.3, -0.25) is 14.6 Å². The fraction of sp³-hybridized carbons (Fsp3) is 0.964. The average Bonchev–Trinajstić information content (AvgIpc) is 3.05. The Morgan fingerprint density at radius 2 is 1.38 bits per heavy atom. The van der Waals surface area contributed by atoms with Gasteiger partial charge >= 0.3 is 0 Å². The van der Waals surface area contributed by atoms with E-state index in [9.17, 15) is 4.79 Å². The monoisotopic (exact) mass is 490 g/mol. The van der Waals surface area contributed by atoms with Crippen molar-refractivity contribution in [3.8, 4) is 0 Å². The molecule has 0 saturated carbocycles. The zero-order valence-corrected chi connectivity index (χ0v) is 23.2. The quantitative estimate of drug-likeness (QED) is 0.284. The van der Waals surface area contributed by atoms with Gasteiger partial charge in [0.1, 0.15) is 5.78 Å². The molecule has 1 saturated heterocycles. The number of nitrogens with zero attached hydrogens (tertiary/aromatic N) is 2. The molecule has 6 heteroatoms. The molecule has 1 rings (SSSR count). The van der Waals surface area contributed by atoms with Crippen molar-refractivity contribution in [1.29, 1.82) is 0 Å². The second-order valence-corrected chi connectivity index (χ2v) is 10.7. The molecule has 0 aromatic rings. The first-order chi connectivity index (χ1) is 14.7. The van der Waals surface area contributed by atoms with Crippen LogP contribution in [0.5, 0.6) is 0 Å². The molecule has 1 heterocycles. The molecule has 0 amide bonds. The van der Waals surface area contributed by atoms with Crippen molar-refractivity contribution in [3.63, 3.8) is 0 Å². The SMILES string of the molecule is C.C.CC(C)OCC1CC(OC(C)C)CN1C(C)C.CC(C)OCN(CC(=O)C(C)C)C(C)C. The van der Waals surface area contributed by atoms with Crippen molar-refractivity contribution < 1.29 is 19.0 Å². The Morgan fingerprint density at radius 3 is 1.76 bits per heavy atom. The number of carbonyl (C=O) groups excluding carboxylic acids is 1. The van der Waals surface area contributed by atoms with E-state index in [1.807, 2.05) is 27.7 Å². The zero-order chi connectivity index (χ0) is 25.0. The van der Waals surface area contributed by atoms with Crippen molar-refractivity contribution >= 4 is 5.78 Å². The number of likely N-dealkylation sites (tertiary alicyclic amines) is 1. The number of hydrogen-bond donors (Lipinski definition) is 0. The van der Waals surface area contributed by atoms with Crippen LogP contribution in [0.2, 0.25) is 0 Å². The van der Waals surface area contributed by atoms with Gasteiger partial charge in [-0.05, 0) is 75.7 Å². The van der Waals surface area contributed by atoms with Crippen LogP contribution in [0.25, 0.3) is 0 Å². The van der Waals surface area contributed by atoms with E-state index < -0.39 is 0 Å². The third-order valence-electron chi connectivity index (χ3n) is 5.48. The molecule has 0 aromatic carbocycles. The van der Waals surface area contributed by atoms with Gasteiger partial charge in [0.15, 0.2) is 0 Å². The number of ketones is 1. The molecule has 2 atom stereocenters. The molecule has 1 aliphatic heterocycles. The van der Waals surface area contributed by atoms with Gasteiger partial charge in [-0.25, -0.2) is 0 Å². The summed E-state index contributed by atoms with van der Waals surface area (Å²) >= 11 is 0. The summed E-state index contributed by atoms with van der Waals surface area (Å²) < 4.78 is 17.2. The first kappa shape index (κ1) is 38.0. The summed E-state index contributed by atoms with van der Waals surface area (Å²) in [5, 5.41) is 0. The second-order valence-electron chi connectivity index (χ2n) is 10.7. The van der Waals surface area contributed by atoms with E-state index in [2.05, 4.69) is 65.2 Å². The Balaban J connectivity index is -0.000000538. The standard InChI is InChI=1S/C14H29NO2.C12H25NO2.2CH4/c1-10(2)15-8-14(17-12(5)6)7-13(15)9-16-11(3)4;1-9(2)12(14)7-13(10(3)4)8-15-11(5)6;;/h10-14H,7-9H2,1-6H3;9-11H,7-8H2,1-6H3;2*1H4. The van der Waals surface area contributed by atoms with E-state index in [1.165, 1.54) is 0 Å². The average molecular weight is 491 g/mol. The van der Waals surface area contributed by atoms with Gasteiger partial charge in [-0.2, -0.15) is 0 Å². The first-order valence-corrected chi connectivity index (χ1v) is 12.7. The molecule has 2 unspecified atom stereocenters. The normalized spacial score (nSPS) is 18.7. The summed E-state index contributed by atoms with van der Waals surface area (Å²) in [5.74, 6) is 0.376. The minimum Gasteiger partial charge on any atom is -0.377 e. The second kappa shape index (κ2) is 19.6. The summed E-state index contributed by atoms with van der Waals surface area (Å²) in [6.07, 6.45) is 2.31. The van der Waals surface area contributed by atoms with Gasteiger partial charge in [0.2, 0.25) is 0 Å². The lowest BCUT2D eigenvalue weighted by Crippen LogP contribution is -2.39. The van der Waals surface area contributed by atoms with Crippen molar-refractivity contribution in [2.24, 2.45) is 5.92 Å². The van der Waals surface area contributed by atoms with E-state index in [1.54, 1.807) is 0 Å². The van der Waals surface area contributed by atoms with Crippen LogP contribution in [0.3, 0.4) is 0 Å². The zero-order valence-electron chi connectivity index (χ0n) is 23.2. The highest BCUT2D eigenvalue weighted by molar-refractivity contribution is 5.82. The summed E-state index contributed by atoms with van der Waals surface area (Å²) in [6, 6.07) is 1.42. The van der Waals surface area contributed by atoms with Gasteiger partial charge in [0.05, 0.1) is 44.3 Å². The molecule has 34 heavy (non-hydrogen) atoms. The lowest BCUT2D eigenvalue weighted by atomic mass is 10.1. The van der Waals surface area contributed by atoms with Crippen LogP contribution in [0.1, 0.15) is 104 Å². The molecule has 0 aromatic heterocycles. The van der Waals surface area contributed by atoms with E-state index >= 15 is 0 Å². The van der Waals surface area contributed by atoms with E-state index in [4.69, 9.17) is 14.2 Å². The topological polar surface area (TPSA) is 51.2 Å². The third-order valence-corrected chi connectivity index (χ3v) is 5.48. The Morgan fingerprint density at radius 1 is 0.853 bits per heavy atom. The lowest BCUT2D eigenvalue weighted by Gasteiger charge is -2.28. The number of Topliss-reactive ketones (excluding diaryl/α,β-unsaturated/α-hetero) is 1. The maximum absolute atomic E-state index is 11.6. The van der Waals surface area contributed by atoms with E-state index in [0.717, 1.165) is 19.6 Å². The lowest BCUT2D eigenvalue weighted by molar-refractivity contribution is -0.126. The molecular weight excluding hydrogens is 428 g/mol. The summed E-state index contributed by atoms with van der Waals surface area (Å²) in [5.41, 5.74) is 0. The molecule has 1 fully saturated rings. The molecule has 0 radical (unpaired) electrons.